The van der Waals surface area contributed by atoms with Crippen molar-refractivity contribution in [2.45, 2.75) is 38.8 Å². The third-order valence-electron chi connectivity index (χ3n) is 5.40. The van der Waals surface area contributed by atoms with Crippen LogP contribution in [0.2, 0.25) is 0 Å². The summed E-state index contributed by atoms with van der Waals surface area (Å²) >= 11 is 0. The molecule has 1 saturated carbocycles. The quantitative estimate of drug-likeness (QED) is 0.257. The molecule has 31 heavy (non-hydrogen) atoms. The van der Waals surface area contributed by atoms with E-state index in [1.165, 1.54) is 0 Å². The first-order chi connectivity index (χ1) is 14.7. The second kappa shape index (κ2) is 11.1. The van der Waals surface area contributed by atoms with Gasteiger partial charge in [0.25, 0.3) is 0 Å². The van der Waals surface area contributed by atoms with Gasteiger partial charge in [0.05, 0.1) is 6.54 Å². The van der Waals surface area contributed by atoms with E-state index in [-0.39, 0.29) is 35.8 Å². The zero-order chi connectivity index (χ0) is 20.8. The maximum atomic E-state index is 12.4. The zero-order valence-corrected chi connectivity index (χ0v) is 19.9. The Balaban J connectivity index is 0.00000272. The van der Waals surface area contributed by atoms with Gasteiger partial charge in [0.15, 0.2) is 17.4 Å². The van der Waals surface area contributed by atoms with Crippen molar-refractivity contribution in [3.05, 3.63) is 60.0 Å². The molecule has 0 atom stereocenters. The summed E-state index contributed by atoms with van der Waals surface area (Å²) in [6.07, 6.45) is 6.23. The maximum absolute atomic E-state index is 12.4. The normalized spacial score (nSPS) is 14.3. The smallest absolute Gasteiger partial charge is 0.227 e. The van der Waals surface area contributed by atoms with Crippen molar-refractivity contribution in [1.82, 2.24) is 25.2 Å². The SMILES string of the molecule is CN=C(NCc1cccc(NC(=O)C2CCCC2)c1)NCc1nnc2ccccn12.I. The lowest BCUT2D eigenvalue weighted by atomic mass is 10.1. The minimum absolute atomic E-state index is 0. The van der Waals surface area contributed by atoms with Crippen LogP contribution in [0.25, 0.3) is 5.65 Å². The molecule has 4 rings (SSSR count). The minimum atomic E-state index is 0. The number of nitrogens with one attached hydrogen (secondary N) is 3. The van der Waals surface area contributed by atoms with Crippen LogP contribution >= 0.6 is 24.0 Å². The molecule has 0 radical (unpaired) electrons. The van der Waals surface area contributed by atoms with Crippen LogP contribution in [0.15, 0.2) is 53.7 Å². The fourth-order valence-corrected chi connectivity index (χ4v) is 3.77. The first-order valence-electron chi connectivity index (χ1n) is 10.4. The van der Waals surface area contributed by atoms with E-state index in [1.54, 1.807) is 7.05 Å². The van der Waals surface area contributed by atoms with Crippen molar-refractivity contribution in [3.8, 4) is 0 Å². The number of pyridine rings is 1. The van der Waals surface area contributed by atoms with Gasteiger partial charge >= 0.3 is 0 Å². The number of nitrogens with zero attached hydrogens (tertiary/aromatic N) is 4. The molecule has 3 aromatic rings. The van der Waals surface area contributed by atoms with Crippen molar-refractivity contribution in [3.63, 3.8) is 0 Å². The van der Waals surface area contributed by atoms with Crippen LogP contribution in [-0.2, 0) is 17.9 Å². The third-order valence-corrected chi connectivity index (χ3v) is 5.40. The highest BCUT2D eigenvalue weighted by Crippen LogP contribution is 2.26. The molecule has 0 bridgehead atoms. The molecule has 0 aliphatic heterocycles. The number of halogens is 1. The number of hydrogen-bond donors (Lipinski definition) is 3. The third kappa shape index (κ3) is 5.93. The van der Waals surface area contributed by atoms with Crippen LogP contribution in [0, 0.1) is 5.92 Å². The Morgan fingerprint density at radius 2 is 1.90 bits per heavy atom. The fraction of sp³-hybridized carbons (Fsp3) is 0.364. The summed E-state index contributed by atoms with van der Waals surface area (Å²) in [7, 11) is 1.73. The summed E-state index contributed by atoms with van der Waals surface area (Å²) in [6, 6.07) is 13.7. The van der Waals surface area contributed by atoms with E-state index >= 15 is 0 Å². The molecule has 2 heterocycles. The summed E-state index contributed by atoms with van der Waals surface area (Å²) in [5.41, 5.74) is 2.72. The molecule has 1 aliphatic carbocycles. The molecule has 1 aliphatic rings. The van der Waals surface area contributed by atoms with Crippen LogP contribution < -0.4 is 16.0 Å². The standard InChI is InChI=1S/C22H27N7O.HI/c1-23-22(25-15-20-28-27-19-11-4-5-12-29(19)20)24-14-16-7-6-10-18(13-16)26-21(30)17-8-2-3-9-17;/h4-7,10-13,17H,2-3,8-9,14-15H2,1H3,(H,26,30)(H2,23,24,25);1H. The van der Waals surface area contributed by atoms with Crippen molar-refractivity contribution in [2.24, 2.45) is 10.9 Å². The van der Waals surface area contributed by atoms with Crippen molar-refractivity contribution in [1.29, 1.82) is 0 Å². The highest BCUT2D eigenvalue weighted by atomic mass is 127. The van der Waals surface area contributed by atoms with Gasteiger partial charge in [0.2, 0.25) is 5.91 Å². The number of rotatable bonds is 6. The molecule has 1 fully saturated rings. The summed E-state index contributed by atoms with van der Waals surface area (Å²) in [5.74, 6) is 1.77. The molecule has 9 heteroatoms. The second-order valence-electron chi connectivity index (χ2n) is 7.50. The molecule has 1 amide bonds. The lowest BCUT2D eigenvalue weighted by Crippen LogP contribution is -2.36. The van der Waals surface area contributed by atoms with Crippen molar-refractivity contribution >= 4 is 47.2 Å². The van der Waals surface area contributed by atoms with Gasteiger partial charge in [0.1, 0.15) is 0 Å². The number of anilines is 1. The Morgan fingerprint density at radius 1 is 1.10 bits per heavy atom. The minimum Gasteiger partial charge on any atom is -0.352 e. The van der Waals surface area contributed by atoms with Crippen LogP contribution in [-0.4, -0.2) is 33.5 Å². The molecule has 2 aromatic heterocycles. The van der Waals surface area contributed by atoms with E-state index in [0.717, 1.165) is 48.4 Å². The average molecular weight is 533 g/mol. The molecular weight excluding hydrogens is 505 g/mol. The largest absolute Gasteiger partial charge is 0.352 e. The Hall–Kier alpha value is -2.69. The van der Waals surface area contributed by atoms with Gasteiger partial charge < -0.3 is 16.0 Å². The van der Waals surface area contributed by atoms with Crippen molar-refractivity contribution < 1.29 is 4.79 Å². The lowest BCUT2D eigenvalue weighted by molar-refractivity contribution is -0.119. The van der Waals surface area contributed by atoms with Gasteiger partial charge in [0, 0.05) is 31.4 Å². The Labute approximate surface area is 199 Å². The van der Waals surface area contributed by atoms with E-state index < -0.39 is 0 Å². The second-order valence-corrected chi connectivity index (χ2v) is 7.50. The van der Waals surface area contributed by atoms with Gasteiger partial charge in [-0.2, -0.15) is 0 Å². The summed E-state index contributed by atoms with van der Waals surface area (Å²) in [6.45, 7) is 1.09. The monoisotopic (exact) mass is 533 g/mol. The van der Waals surface area contributed by atoms with Gasteiger partial charge in [-0.25, -0.2) is 0 Å². The van der Waals surface area contributed by atoms with Gasteiger partial charge in [-0.05, 0) is 42.7 Å². The maximum Gasteiger partial charge on any atom is 0.227 e. The number of hydrogen-bond acceptors (Lipinski definition) is 4. The Kier molecular flexibility index (Phi) is 8.21. The number of carbonyl (C=O) groups excluding carboxylic acids is 1. The van der Waals surface area contributed by atoms with Crippen LogP contribution in [0.4, 0.5) is 5.69 Å². The number of benzene rings is 1. The first-order valence-corrected chi connectivity index (χ1v) is 10.4. The molecule has 0 unspecified atom stereocenters. The lowest BCUT2D eigenvalue weighted by Gasteiger charge is -2.13. The number of amides is 1. The topological polar surface area (TPSA) is 95.7 Å². The molecule has 0 spiro atoms. The van der Waals surface area contributed by atoms with Crippen LogP contribution in [0.3, 0.4) is 0 Å². The number of aromatic nitrogens is 3. The Bertz CT molecular complexity index is 1040. The van der Waals surface area contributed by atoms with Crippen LogP contribution in [0.5, 0.6) is 0 Å². The Morgan fingerprint density at radius 3 is 2.71 bits per heavy atom. The molecule has 164 valence electrons. The molecule has 0 saturated heterocycles. The first kappa shape index (κ1) is 23.0. The van der Waals surface area contributed by atoms with Gasteiger partial charge in [-0.3, -0.25) is 14.2 Å². The van der Waals surface area contributed by atoms with Crippen LogP contribution in [0.1, 0.15) is 37.1 Å². The molecule has 8 nitrogen and oxygen atoms in total. The zero-order valence-electron chi connectivity index (χ0n) is 17.5. The van der Waals surface area contributed by atoms with E-state index in [2.05, 4.69) is 31.1 Å². The number of carbonyl (C=O) groups is 1. The number of fused-ring (bicyclic) bond motifs is 1. The molecular formula is C22H28IN7O. The van der Waals surface area contributed by atoms with E-state index in [4.69, 9.17) is 0 Å². The summed E-state index contributed by atoms with van der Waals surface area (Å²) < 4.78 is 1.94. The predicted molar refractivity (Wildman–Crippen MR) is 132 cm³/mol. The highest BCUT2D eigenvalue weighted by Gasteiger charge is 2.22. The fourth-order valence-electron chi connectivity index (χ4n) is 3.77. The highest BCUT2D eigenvalue weighted by molar-refractivity contribution is 14.0. The van der Waals surface area contributed by atoms with E-state index in [1.807, 2.05) is 53.1 Å². The number of guanidine groups is 1. The van der Waals surface area contributed by atoms with E-state index in [9.17, 15) is 4.79 Å². The molecule has 1 aromatic carbocycles. The van der Waals surface area contributed by atoms with Gasteiger partial charge in [-0.1, -0.05) is 31.0 Å². The summed E-state index contributed by atoms with van der Waals surface area (Å²) in [5, 5.41) is 18.0. The van der Waals surface area contributed by atoms with Gasteiger partial charge in [-0.15, -0.1) is 34.2 Å². The average Bonchev–Trinajstić information content (AvgIpc) is 3.45. The van der Waals surface area contributed by atoms with Crippen molar-refractivity contribution in [2.75, 3.05) is 12.4 Å². The molecule has 3 N–H and O–H groups in total. The predicted octanol–water partition coefficient (Wildman–Crippen LogP) is 3.34. The summed E-state index contributed by atoms with van der Waals surface area (Å²) in [4.78, 5) is 16.6. The van der Waals surface area contributed by atoms with E-state index in [0.29, 0.717) is 19.0 Å². The number of aliphatic imine (C=N–C) groups is 1.